The SMILES string of the molecule is CC(=O)Oc1ccccc1C(=O)OCCCCC(=O)N(C)C. The zero-order chi connectivity index (χ0) is 16.5. The van der Waals surface area contributed by atoms with Crippen molar-refractivity contribution in [3.63, 3.8) is 0 Å². The van der Waals surface area contributed by atoms with E-state index in [0.29, 0.717) is 19.3 Å². The molecule has 0 heterocycles. The molecule has 6 nitrogen and oxygen atoms in total. The molecule has 1 aromatic rings. The topological polar surface area (TPSA) is 72.9 Å². The van der Waals surface area contributed by atoms with Gasteiger partial charge in [0.25, 0.3) is 0 Å². The molecule has 1 aromatic carbocycles. The zero-order valence-corrected chi connectivity index (χ0v) is 13.1. The Labute approximate surface area is 130 Å². The van der Waals surface area contributed by atoms with Crippen LogP contribution in [0.15, 0.2) is 24.3 Å². The van der Waals surface area contributed by atoms with Gasteiger partial charge in [0.15, 0.2) is 0 Å². The van der Waals surface area contributed by atoms with Gasteiger partial charge in [-0.1, -0.05) is 12.1 Å². The smallest absolute Gasteiger partial charge is 0.341 e. The van der Waals surface area contributed by atoms with E-state index in [4.69, 9.17) is 9.47 Å². The molecule has 1 rings (SSSR count). The Bertz CT molecular complexity index is 539. The van der Waals surface area contributed by atoms with Gasteiger partial charge in [0.2, 0.25) is 5.91 Å². The molecule has 0 bridgehead atoms. The molecule has 0 aliphatic heterocycles. The fraction of sp³-hybridized carbons (Fsp3) is 0.438. The van der Waals surface area contributed by atoms with Gasteiger partial charge in [-0.25, -0.2) is 4.79 Å². The maximum absolute atomic E-state index is 12.0. The molecule has 0 saturated heterocycles. The molecule has 0 fully saturated rings. The second-order valence-corrected chi connectivity index (χ2v) is 4.97. The monoisotopic (exact) mass is 307 g/mol. The van der Waals surface area contributed by atoms with Crippen LogP contribution in [0.5, 0.6) is 5.75 Å². The molecular formula is C16H21NO5. The number of nitrogens with zero attached hydrogens (tertiary/aromatic N) is 1. The number of hydrogen-bond acceptors (Lipinski definition) is 5. The van der Waals surface area contributed by atoms with Crippen molar-refractivity contribution < 1.29 is 23.9 Å². The van der Waals surface area contributed by atoms with Crippen molar-refractivity contribution in [2.45, 2.75) is 26.2 Å². The number of amides is 1. The normalized spacial score (nSPS) is 9.95. The maximum atomic E-state index is 12.0. The summed E-state index contributed by atoms with van der Waals surface area (Å²) in [6, 6.07) is 6.41. The first-order chi connectivity index (χ1) is 10.4. The second-order valence-electron chi connectivity index (χ2n) is 4.97. The number of carbonyl (C=O) groups is 3. The fourth-order valence-electron chi connectivity index (χ4n) is 1.72. The number of benzene rings is 1. The number of carbonyl (C=O) groups excluding carboxylic acids is 3. The van der Waals surface area contributed by atoms with Crippen LogP contribution >= 0.6 is 0 Å². The molecule has 0 radical (unpaired) electrons. The summed E-state index contributed by atoms with van der Waals surface area (Å²) in [5, 5.41) is 0. The third-order valence-electron chi connectivity index (χ3n) is 2.88. The van der Waals surface area contributed by atoms with Gasteiger partial charge in [0.1, 0.15) is 11.3 Å². The lowest BCUT2D eigenvalue weighted by molar-refractivity contribution is -0.132. The Balaban J connectivity index is 2.43. The number of esters is 2. The molecule has 6 heteroatoms. The molecule has 1 amide bonds. The summed E-state index contributed by atoms with van der Waals surface area (Å²) in [6.07, 6.45) is 1.67. The molecule has 0 N–H and O–H groups in total. The van der Waals surface area contributed by atoms with Gasteiger partial charge in [0.05, 0.1) is 6.61 Å². The standard InChI is InChI=1S/C16H21NO5/c1-12(18)22-14-9-5-4-8-13(14)16(20)21-11-7-6-10-15(19)17(2)3/h4-5,8-9H,6-7,10-11H2,1-3H3. The zero-order valence-electron chi connectivity index (χ0n) is 13.1. The van der Waals surface area contributed by atoms with Crippen LogP contribution in [0.1, 0.15) is 36.5 Å². The second kappa shape index (κ2) is 8.81. The van der Waals surface area contributed by atoms with Crippen LogP contribution in [0.4, 0.5) is 0 Å². The van der Waals surface area contributed by atoms with Crippen molar-refractivity contribution in [3.05, 3.63) is 29.8 Å². The van der Waals surface area contributed by atoms with Crippen LogP contribution in [0.3, 0.4) is 0 Å². The Morgan fingerprint density at radius 1 is 1.09 bits per heavy atom. The van der Waals surface area contributed by atoms with Crippen molar-refractivity contribution >= 4 is 17.8 Å². The van der Waals surface area contributed by atoms with E-state index in [-0.39, 0.29) is 23.8 Å². The van der Waals surface area contributed by atoms with Gasteiger partial charge < -0.3 is 14.4 Å². The quantitative estimate of drug-likeness (QED) is 0.438. The predicted molar refractivity (Wildman–Crippen MR) is 80.6 cm³/mol. The average molecular weight is 307 g/mol. The Hall–Kier alpha value is -2.37. The molecule has 0 spiro atoms. The average Bonchev–Trinajstić information content (AvgIpc) is 2.46. The number of unbranched alkanes of at least 4 members (excludes halogenated alkanes) is 1. The summed E-state index contributed by atoms with van der Waals surface area (Å²) in [6.45, 7) is 1.48. The number of hydrogen-bond donors (Lipinski definition) is 0. The Morgan fingerprint density at radius 2 is 1.77 bits per heavy atom. The van der Waals surface area contributed by atoms with Crippen molar-refractivity contribution in [3.8, 4) is 5.75 Å². The lowest BCUT2D eigenvalue weighted by Crippen LogP contribution is -2.21. The van der Waals surface area contributed by atoms with Crippen LogP contribution in [-0.2, 0) is 14.3 Å². The van der Waals surface area contributed by atoms with Crippen molar-refractivity contribution in [1.82, 2.24) is 4.90 Å². The highest BCUT2D eigenvalue weighted by Crippen LogP contribution is 2.19. The largest absolute Gasteiger partial charge is 0.462 e. The van der Waals surface area contributed by atoms with Crippen molar-refractivity contribution in [2.75, 3.05) is 20.7 Å². The Morgan fingerprint density at radius 3 is 2.41 bits per heavy atom. The molecule has 0 aliphatic rings. The van der Waals surface area contributed by atoms with Crippen LogP contribution in [0.25, 0.3) is 0 Å². The predicted octanol–water partition coefficient (Wildman–Crippen LogP) is 2.03. The van der Waals surface area contributed by atoms with Crippen LogP contribution in [-0.4, -0.2) is 43.4 Å². The lowest BCUT2D eigenvalue weighted by atomic mass is 10.2. The lowest BCUT2D eigenvalue weighted by Gasteiger charge is -2.10. The third-order valence-corrected chi connectivity index (χ3v) is 2.88. The van der Waals surface area contributed by atoms with Crippen LogP contribution in [0, 0.1) is 0 Å². The summed E-state index contributed by atoms with van der Waals surface area (Å²) in [5.41, 5.74) is 0.210. The van der Waals surface area contributed by atoms with Crippen LogP contribution in [0.2, 0.25) is 0 Å². The van der Waals surface area contributed by atoms with Crippen molar-refractivity contribution in [2.24, 2.45) is 0 Å². The molecule has 120 valence electrons. The minimum absolute atomic E-state index is 0.0477. The first kappa shape index (κ1) is 17.7. The molecule has 0 saturated carbocycles. The van der Waals surface area contributed by atoms with Gasteiger partial charge in [-0.2, -0.15) is 0 Å². The first-order valence-electron chi connectivity index (χ1n) is 7.06. The van der Waals surface area contributed by atoms with Gasteiger partial charge in [-0.3, -0.25) is 9.59 Å². The summed E-state index contributed by atoms with van der Waals surface area (Å²) in [5.74, 6) is -0.812. The van der Waals surface area contributed by atoms with E-state index in [1.165, 1.54) is 24.0 Å². The fourth-order valence-corrected chi connectivity index (χ4v) is 1.72. The van der Waals surface area contributed by atoms with Gasteiger partial charge in [-0.15, -0.1) is 0 Å². The summed E-state index contributed by atoms with van der Waals surface area (Å²) in [7, 11) is 3.41. The van der Waals surface area contributed by atoms with Gasteiger partial charge in [0, 0.05) is 27.4 Å². The summed E-state index contributed by atoms with van der Waals surface area (Å²) in [4.78, 5) is 35.9. The number of para-hydroxylation sites is 1. The van der Waals surface area contributed by atoms with E-state index < -0.39 is 11.9 Å². The molecule has 0 aliphatic carbocycles. The first-order valence-corrected chi connectivity index (χ1v) is 7.06. The highest BCUT2D eigenvalue weighted by Gasteiger charge is 2.14. The molecule has 0 aromatic heterocycles. The summed E-state index contributed by atoms with van der Waals surface area (Å²) < 4.78 is 10.1. The van der Waals surface area contributed by atoms with E-state index in [1.807, 2.05) is 0 Å². The highest BCUT2D eigenvalue weighted by molar-refractivity contribution is 5.93. The van der Waals surface area contributed by atoms with E-state index in [1.54, 1.807) is 26.2 Å². The third kappa shape index (κ3) is 5.95. The van der Waals surface area contributed by atoms with E-state index >= 15 is 0 Å². The number of rotatable bonds is 7. The highest BCUT2D eigenvalue weighted by atomic mass is 16.5. The van der Waals surface area contributed by atoms with Crippen LogP contribution < -0.4 is 4.74 Å². The maximum Gasteiger partial charge on any atom is 0.341 e. The number of ether oxygens (including phenoxy) is 2. The minimum Gasteiger partial charge on any atom is -0.462 e. The van der Waals surface area contributed by atoms with Gasteiger partial charge in [-0.05, 0) is 25.0 Å². The minimum atomic E-state index is -0.546. The molecule has 22 heavy (non-hydrogen) atoms. The molecule has 0 atom stereocenters. The Kier molecular flexibility index (Phi) is 7.08. The van der Waals surface area contributed by atoms with E-state index in [2.05, 4.69) is 0 Å². The molecular weight excluding hydrogens is 286 g/mol. The van der Waals surface area contributed by atoms with Crippen molar-refractivity contribution in [1.29, 1.82) is 0 Å². The summed E-state index contributed by atoms with van der Waals surface area (Å²) >= 11 is 0. The van der Waals surface area contributed by atoms with E-state index in [9.17, 15) is 14.4 Å². The molecule has 0 unspecified atom stereocenters. The van der Waals surface area contributed by atoms with Gasteiger partial charge >= 0.3 is 11.9 Å². The van der Waals surface area contributed by atoms with E-state index in [0.717, 1.165) is 0 Å².